The summed E-state index contributed by atoms with van der Waals surface area (Å²) >= 11 is 5.02. The van der Waals surface area contributed by atoms with Gasteiger partial charge in [-0.05, 0) is 50.3 Å². The van der Waals surface area contributed by atoms with Gasteiger partial charge in [-0.25, -0.2) is 0 Å². The zero-order valence-corrected chi connectivity index (χ0v) is 17.4. The molecule has 1 N–H and O–H groups in total. The predicted molar refractivity (Wildman–Crippen MR) is 117 cm³/mol. The molecule has 0 aliphatic rings. The highest BCUT2D eigenvalue weighted by molar-refractivity contribution is 7.80. The molecule has 0 radical (unpaired) electrons. The summed E-state index contributed by atoms with van der Waals surface area (Å²) < 4.78 is 0. The summed E-state index contributed by atoms with van der Waals surface area (Å²) in [5.74, 6) is 0. The third-order valence-electron chi connectivity index (χ3n) is 4.21. The number of aliphatic hydroxyl groups excluding tert-OH is 1. The molecule has 0 aromatic rings. The van der Waals surface area contributed by atoms with Crippen molar-refractivity contribution in [1.82, 2.24) is 0 Å². The van der Waals surface area contributed by atoms with Crippen LogP contribution in [-0.4, -0.2) is 16.1 Å². The van der Waals surface area contributed by atoms with Crippen LogP contribution in [-0.2, 0) is 0 Å². The summed E-state index contributed by atoms with van der Waals surface area (Å²) in [6.07, 6.45) is 28.4. The summed E-state index contributed by atoms with van der Waals surface area (Å²) in [4.78, 5) is 0.918. The normalized spacial score (nSPS) is 13.4. The minimum Gasteiger partial charge on any atom is -0.393 e. The standard InChI is InChI=1S/C23H40OS/c1-3-4-5-6-7-8-9-10-11-12-13-14-15-16-17-18-19-20-23(24)21-22(2)25/h4-5,7-8,10-11,23-24H,3,6,9,12-21H2,1-2H3/b5-4-,8-7-,11-10-. The highest BCUT2D eigenvalue weighted by Gasteiger charge is 2.04. The van der Waals surface area contributed by atoms with Crippen molar-refractivity contribution in [3.63, 3.8) is 0 Å². The van der Waals surface area contributed by atoms with Gasteiger partial charge in [0, 0.05) is 6.42 Å². The Labute approximate surface area is 162 Å². The molecule has 0 saturated carbocycles. The maximum atomic E-state index is 9.74. The lowest BCUT2D eigenvalue weighted by atomic mass is 10.0. The van der Waals surface area contributed by atoms with E-state index in [1.54, 1.807) is 0 Å². The molecule has 1 atom stereocenters. The van der Waals surface area contributed by atoms with Crippen molar-refractivity contribution in [1.29, 1.82) is 0 Å². The van der Waals surface area contributed by atoms with Gasteiger partial charge in [-0.2, -0.15) is 0 Å². The zero-order valence-electron chi connectivity index (χ0n) is 16.6. The van der Waals surface area contributed by atoms with E-state index >= 15 is 0 Å². The lowest BCUT2D eigenvalue weighted by molar-refractivity contribution is 0.168. The van der Waals surface area contributed by atoms with Gasteiger partial charge in [0.15, 0.2) is 0 Å². The number of unbranched alkanes of at least 4 members (excludes halogenated alkanes) is 7. The number of rotatable bonds is 17. The maximum Gasteiger partial charge on any atom is 0.0585 e. The molecule has 1 nitrogen and oxygen atoms in total. The molecule has 0 saturated heterocycles. The van der Waals surface area contributed by atoms with Gasteiger partial charge in [0.2, 0.25) is 0 Å². The van der Waals surface area contributed by atoms with E-state index in [9.17, 15) is 5.11 Å². The summed E-state index contributed by atoms with van der Waals surface area (Å²) in [5.41, 5.74) is 0. The summed E-state index contributed by atoms with van der Waals surface area (Å²) in [7, 11) is 0. The Balaban J connectivity index is 3.27. The first-order chi connectivity index (χ1) is 12.2. The minimum atomic E-state index is -0.216. The van der Waals surface area contributed by atoms with Crippen LogP contribution in [0.3, 0.4) is 0 Å². The van der Waals surface area contributed by atoms with Crippen LogP contribution < -0.4 is 0 Å². The fourth-order valence-corrected chi connectivity index (χ4v) is 2.98. The van der Waals surface area contributed by atoms with E-state index in [0.717, 1.165) is 37.0 Å². The van der Waals surface area contributed by atoms with Crippen LogP contribution in [0.4, 0.5) is 0 Å². The Morgan fingerprint density at radius 2 is 1.32 bits per heavy atom. The van der Waals surface area contributed by atoms with Crippen LogP contribution in [0.25, 0.3) is 0 Å². The summed E-state index contributed by atoms with van der Waals surface area (Å²) in [6.45, 7) is 4.08. The monoisotopic (exact) mass is 364 g/mol. The molecule has 2 heteroatoms. The number of allylic oxidation sites excluding steroid dienone is 6. The second kappa shape index (κ2) is 19.6. The van der Waals surface area contributed by atoms with Crippen LogP contribution in [0.2, 0.25) is 0 Å². The maximum absolute atomic E-state index is 9.74. The van der Waals surface area contributed by atoms with E-state index in [1.165, 1.54) is 44.9 Å². The van der Waals surface area contributed by atoms with Crippen molar-refractivity contribution in [2.45, 2.75) is 103 Å². The van der Waals surface area contributed by atoms with Crippen LogP contribution in [0, 0.1) is 0 Å². The van der Waals surface area contributed by atoms with Crippen molar-refractivity contribution >= 4 is 17.1 Å². The Morgan fingerprint density at radius 3 is 1.92 bits per heavy atom. The van der Waals surface area contributed by atoms with E-state index in [2.05, 4.69) is 43.4 Å². The van der Waals surface area contributed by atoms with E-state index < -0.39 is 0 Å². The molecule has 1 unspecified atom stereocenters. The molecule has 0 amide bonds. The first-order valence-electron chi connectivity index (χ1n) is 10.3. The Kier molecular flexibility index (Phi) is 19.0. The number of thiocarbonyl (C=S) groups is 1. The molecule has 0 fully saturated rings. The lowest BCUT2D eigenvalue weighted by Crippen LogP contribution is -2.09. The van der Waals surface area contributed by atoms with Gasteiger partial charge in [-0.15, -0.1) is 0 Å². The fraction of sp³-hybridized carbons (Fsp3) is 0.696. The second-order valence-electron chi connectivity index (χ2n) is 6.91. The zero-order chi connectivity index (χ0) is 18.6. The fourth-order valence-electron chi connectivity index (χ4n) is 2.79. The molecule has 0 aromatic heterocycles. The van der Waals surface area contributed by atoms with Gasteiger partial charge in [0.25, 0.3) is 0 Å². The molecule has 0 aromatic carbocycles. The lowest BCUT2D eigenvalue weighted by Gasteiger charge is -2.08. The third kappa shape index (κ3) is 21.2. The van der Waals surface area contributed by atoms with Gasteiger partial charge in [0.05, 0.1) is 6.10 Å². The van der Waals surface area contributed by atoms with Gasteiger partial charge in [0.1, 0.15) is 0 Å². The largest absolute Gasteiger partial charge is 0.393 e. The van der Waals surface area contributed by atoms with E-state index in [0.29, 0.717) is 6.42 Å². The molecule has 0 bridgehead atoms. The molecular formula is C23H40OS. The van der Waals surface area contributed by atoms with E-state index in [4.69, 9.17) is 12.2 Å². The molecule has 0 spiro atoms. The topological polar surface area (TPSA) is 20.2 Å². The van der Waals surface area contributed by atoms with Gasteiger partial charge in [-0.3, -0.25) is 0 Å². The average molecular weight is 365 g/mol. The van der Waals surface area contributed by atoms with Crippen molar-refractivity contribution < 1.29 is 5.11 Å². The Bertz CT molecular complexity index is 382. The van der Waals surface area contributed by atoms with Crippen LogP contribution >= 0.6 is 12.2 Å². The number of hydrogen-bond donors (Lipinski definition) is 1. The highest BCUT2D eigenvalue weighted by Crippen LogP contribution is 2.12. The molecule has 144 valence electrons. The Morgan fingerprint density at radius 1 is 0.800 bits per heavy atom. The third-order valence-corrected chi connectivity index (χ3v) is 4.38. The van der Waals surface area contributed by atoms with Crippen LogP contribution in [0.5, 0.6) is 0 Å². The average Bonchev–Trinajstić information content (AvgIpc) is 2.57. The predicted octanol–water partition coefficient (Wildman–Crippen LogP) is 7.50. The first kappa shape index (κ1) is 24.3. The van der Waals surface area contributed by atoms with Crippen molar-refractivity contribution in [2.24, 2.45) is 0 Å². The smallest absolute Gasteiger partial charge is 0.0585 e. The molecule has 0 aliphatic carbocycles. The quantitative estimate of drug-likeness (QED) is 0.164. The van der Waals surface area contributed by atoms with Gasteiger partial charge in [-0.1, -0.05) is 94.1 Å². The van der Waals surface area contributed by atoms with Crippen LogP contribution in [0.1, 0.15) is 97.3 Å². The Hall–Kier alpha value is -0.730. The minimum absolute atomic E-state index is 0.216. The van der Waals surface area contributed by atoms with Crippen molar-refractivity contribution in [2.75, 3.05) is 0 Å². The first-order valence-corrected chi connectivity index (χ1v) is 10.7. The SMILES string of the molecule is CC/C=C\C/C=C\C/C=C\CCCCCCCCCC(O)CC(C)=S. The van der Waals surface area contributed by atoms with E-state index in [-0.39, 0.29) is 6.10 Å². The van der Waals surface area contributed by atoms with E-state index in [1.807, 2.05) is 6.92 Å². The number of aliphatic hydroxyl groups is 1. The molecule has 25 heavy (non-hydrogen) atoms. The summed E-state index contributed by atoms with van der Waals surface area (Å²) in [6, 6.07) is 0. The van der Waals surface area contributed by atoms with Crippen molar-refractivity contribution in [3.8, 4) is 0 Å². The van der Waals surface area contributed by atoms with Crippen molar-refractivity contribution in [3.05, 3.63) is 36.5 Å². The molecular weight excluding hydrogens is 324 g/mol. The molecule has 0 heterocycles. The number of hydrogen-bond acceptors (Lipinski definition) is 2. The highest BCUT2D eigenvalue weighted by atomic mass is 32.1. The van der Waals surface area contributed by atoms with Crippen LogP contribution in [0.15, 0.2) is 36.5 Å². The molecule has 0 rings (SSSR count). The second-order valence-corrected chi connectivity index (χ2v) is 7.60. The van der Waals surface area contributed by atoms with Gasteiger partial charge < -0.3 is 5.11 Å². The summed E-state index contributed by atoms with van der Waals surface area (Å²) in [5, 5.41) is 9.74. The van der Waals surface area contributed by atoms with Gasteiger partial charge >= 0.3 is 0 Å². The molecule has 0 aliphatic heterocycles.